The first-order valence-corrected chi connectivity index (χ1v) is 7.25. The van der Waals surface area contributed by atoms with E-state index < -0.39 is 12.2 Å². The smallest absolute Gasteiger partial charge is 0.310 e. The lowest BCUT2D eigenvalue weighted by Gasteiger charge is -2.16. The number of esters is 1. The summed E-state index contributed by atoms with van der Waals surface area (Å²) in [6.45, 7) is 1.36. The molecular formula is C17H14O6. The summed E-state index contributed by atoms with van der Waals surface area (Å²) in [5.74, 6) is 0.0624. The quantitative estimate of drug-likeness (QED) is 0.677. The molecular weight excluding hydrogens is 300 g/mol. The van der Waals surface area contributed by atoms with Crippen molar-refractivity contribution in [1.82, 2.24) is 0 Å². The van der Waals surface area contributed by atoms with Crippen LogP contribution >= 0.6 is 0 Å². The lowest BCUT2D eigenvalue weighted by Crippen LogP contribution is -2.12. The fourth-order valence-corrected chi connectivity index (χ4v) is 3.44. The molecule has 2 aliphatic heterocycles. The Hall–Kier alpha value is -2.76. The van der Waals surface area contributed by atoms with Crippen LogP contribution in [0.2, 0.25) is 0 Å². The number of carbonyl (C=O) groups excluding carboxylic acids is 2. The van der Waals surface area contributed by atoms with Crippen LogP contribution in [0.4, 0.5) is 0 Å². The predicted octanol–water partition coefficient (Wildman–Crippen LogP) is 2.51. The lowest BCUT2D eigenvalue weighted by molar-refractivity contribution is -0.141. The lowest BCUT2D eigenvalue weighted by atomic mass is 9.92. The minimum atomic E-state index is -0.655. The van der Waals surface area contributed by atoms with Gasteiger partial charge in [-0.25, -0.2) is 0 Å². The van der Waals surface area contributed by atoms with Crippen molar-refractivity contribution in [3.8, 4) is 17.2 Å². The molecule has 6 nitrogen and oxygen atoms in total. The van der Waals surface area contributed by atoms with Gasteiger partial charge < -0.3 is 19.3 Å². The minimum absolute atomic E-state index is 0.124. The first-order valence-electron chi connectivity index (χ1n) is 7.25. The molecule has 2 aliphatic rings. The summed E-state index contributed by atoms with van der Waals surface area (Å²) in [6, 6.07) is 5.26. The normalized spacial score (nSPS) is 21.6. The van der Waals surface area contributed by atoms with Crippen LogP contribution in [0.15, 0.2) is 18.2 Å². The molecule has 0 amide bonds. The summed E-state index contributed by atoms with van der Waals surface area (Å²) >= 11 is 0. The molecule has 6 heteroatoms. The fourth-order valence-electron chi connectivity index (χ4n) is 3.44. The van der Waals surface area contributed by atoms with Crippen LogP contribution in [0.25, 0.3) is 10.8 Å². The number of phenols is 1. The molecule has 0 spiro atoms. The van der Waals surface area contributed by atoms with Crippen LogP contribution in [-0.2, 0) is 9.53 Å². The zero-order valence-corrected chi connectivity index (χ0v) is 12.6. The Morgan fingerprint density at radius 1 is 1.35 bits per heavy atom. The second kappa shape index (κ2) is 4.62. The highest BCUT2D eigenvalue weighted by Gasteiger charge is 2.48. The van der Waals surface area contributed by atoms with Crippen molar-refractivity contribution in [1.29, 1.82) is 0 Å². The molecule has 2 heterocycles. The van der Waals surface area contributed by atoms with E-state index in [1.807, 2.05) is 0 Å². The van der Waals surface area contributed by atoms with E-state index in [2.05, 4.69) is 0 Å². The first-order chi connectivity index (χ1) is 11.0. The molecule has 1 saturated heterocycles. The van der Waals surface area contributed by atoms with Crippen LogP contribution < -0.4 is 9.47 Å². The van der Waals surface area contributed by atoms with Crippen LogP contribution in [-0.4, -0.2) is 30.1 Å². The number of ether oxygens (including phenoxy) is 3. The fraction of sp³-hybridized carbons (Fsp3) is 0.294. The molecule has 1 N–H and O–H groups in total. The van der Waals surface area contributed by atoms with Gasteiger partial charge in [0.25, 0.3) is 0 Å². The number of aromatic hydroxyl groups is 1. The third kappa shape index (κ3) is 1.75. The highest BCUT2D eigenvalue weighted by Crippen LogP contribution is 2.53. The number of rotatable bonds is 2. The van der Waals surface area contributed by atoms with Gasteiger partial charge in [0.15, 0.2) is 18.0 Å². The monoisotopic (exact) mass is 314 g/mol. The molecule has 2 aromatic rings. The topological polar surface area (TPSA) is 82.1 Å². The maximum atomic E-state index is 12.1. The van der Waals surface area contributed by atoms with Crippen molar-refractivity contribution in [3.05, 3.63) is 29.3 Å². The van der Waals surface area contributed by atoms with E-state index >= 15 is 0 Å². The molecule has 118 valence electrons. The average molecular weight is 314 g/mol. The van der Waals surface area contributed by atoms with Gasteiger partial charge in [-0.1, -0.05) is 12.1 Å². The maximum Gasteiger partial charge on any atom is 0.310 e. The Bertz CT molecular complexity index is 869. The van der Waals surface area contributed by atoms with Crippen LogP contribution in [0, 0.1) is 0 Å². The minimum Gasteiger partial charge on any atom is -0.506 e. The van der Waals surface area contributed by atoms with Gasteiger partial charge >= 0.3 is 5.97 Å². The van der Waals surface area contributed by atoms with E-state index in [-0.39, 0.29) is 29.5 Å². The van der Waals surface area contributed by atoms with Crippen molar-refractivity contribution >= 4 is 22.5 Å². The second-order valence-electron chi connectivity index (χ2n) is 5.68. The average Bonchev–Trinajstić information content (AvgIpc) is 3.03. The molecule has 0 radical (unpaired) electrons. The molecule has 0 aliphatic carbocycles. The Balaban J connectivity index is 2.12. The van der Waals surface area contributed by atoms with Crippen molar-refractivity contribution in [2.24, 2.45) is 0 Å². The van der Waals surface area contributed by atoms with E-state index in [0.29, 0.717) is 27.8 Å². The highest BCUT2D eigenvalue weighted by atomic mass is 16.6. The van der Waals surface area contributed by atoms with E-state index in [1.165, 1.54) is 14.0 Å². The van der Waals surface area contributed by atoms with Gasteiger partial charge in [-0.15, -0.1) is 0 Å². The van der Waals surface area contributed by atoms with Gasteiger partial charge in [0.05, 0.1) is 30.0 Å². The number of benzene rings is 2. The molecule has 2 atom stereocenters. The molecule has 1 fully saturated rings. The van der Waals surface area contributed by atoms with E-state index in [9.17, 15) is 14.7 Å². The summed E-state index contributed by atoms with van der Waals surface area (Å²) in [5, 5.41) is 11.7. The first kappa shape index (κ1) is 13.9. The molecule has 0 unspecified atom stereocenters. The van der Waals surface area contributed by atoms with Gasteiger partial charge in [-0.2, -0.15) is 0 Å². The summed E-state index contributed by atoms with van der Waals surface area (Å²) in [4.78, 5) is 23.7. The summed E-state index contributed by atoms with van der Waals surface area (Å²) in [6.07, 6.45) is -0.993. The number of hydrogen-bond donors (Lipinski definition) is 1. The Labute approximate surface area is 131 Å². The summed E-state index contributed by atoms with van der Waals surface area (Å²) in [5.41, 5.74) is 0.575. The number of Topliss-reactive ketones (excluding diaryl/α,β-unsaturated/α-hetero) is 1. The standard InChI is InChI=1S/C17H14O6/c1-7(18)12-14-16(22-10-6-11(19)23-17(10)14)8-4-3-5-9(21-2)13(8)15(12)20/h3-5,10,17,20H,6H2,1-2H3/t10-,17+/m1/s1. The second-order valence-corrected chi connectivity index (χ2v) is 5.68. The van der Waals surface area contributed by atoms with Crippen LogP contribution in [0.5, 0.6) is 17.2 Å². The zero-order valence-electron chi connectivity index (χ0n) is 12.6. The largest absolute Gasteiger partial charge is 0.506 e. The van der Waals surface area contributed by atoms with Crippen molar-refractivity contribution in [2.75, 3.05) is 7.11 Å². The van der Waals surface area contributed by atoms with Crippen LogP contribution in [0.3, 0.4) is 0 Å². The number of carbonyl (C=O) groups is 2. The zero-order chi connectivity index (χ0) is 16.3. The molecule has 23 heavy (non-hydrogen) atoms. The van der Waals surface area contributed by atoms with E-state index in [0.717, 1.165) is 0 Å². The van der Waals surface area contributed by atoms with Crippen molar-refractivity contribution < 1.29 is 28.9 Å². The molecule has 0 saturated carbocycles. The predicted molar refractivity (Wildman–Crippen MR) is 80.0 cm³/mol. The number of methoxy groups -OCH3 is 1. The molecule has 4 rings (SSSR count). The summed E-state index contributed by atoms with van der Waals surface area (Å²) in [7, 11) is 1.49. The Kier molecular flexibility index (Phi) is 2.78. The number of phenolic OH excluding ortho intramolecular Hbond substituents is 1. The summed E-state index contributed by atoms with van der Waals surface area (Å²) < 4.78 is 16.5. The molecule has 0 aromatic heterocycles. The third-order valence-corrected chi connectivity index (χ3v) is 4.35. The van der Waals surface area contributed by atoms with Gasteiger partial charge in [-0.05, 0) is 13.0 Å². The number of hydrogen-bond acceptors (Lipinski definition) is 6. The van der Waals surface area contributed by atoms with Gasteiger partial charge in [-0.3, -0.25) is 9.59 Å². The van der Waals surface area contributed by atoms with E-state index in [1.54, 1.807) is 18.2 Å². The Morgan fingerprint density at radius 3 is 2.83 bits per heavy atom. The third-order valence-electron chi connectivity index (χ3n) is 4.35. The maximum absolute atomic E-state index is 12.1. The highest BCUT2D eigenvalue weighted by molar-refractivity contribution is 6.10. The molecule has 0 bridgehead atoms. The van der Waals surface area contributed by atoms with Crippen LogP contribution in [0.1, 0.15) is 35.4 Å². The van der Waals surface area contributed by atoms with Gasteiger partial charge in [0.2, 0.25) is 0 Å². The van der Waals surface area contributed by atoms with Crippen molar-refractivity contribution in [2.45, 2.75) is 25.6 Å². The molecule has 2 aromatic carbocycles. The van der Waals surface area contributed by atoms with Gasteiger partial charge in [0, 0.05) is 5.39 Å². The van der Waals surface area contributed by atoms with Gasteiger partial charge in [0.1, 0.15) is 17.2 Å². The van der Waals surface area contributed by atoms with E-state index in [4.69, 9.17) is 14.2 Å². The number of ketones is 1. The SMILES string of the molecule is COc1cccc2c3c(c(C(C)=O)c(O)c12)[C@H]1OC(=O)C[C@H]1O3. The Morgan fingerprint density at radius 2 is 2.13 bits per heavy atom. The van der Waals surface area contributed by atoms with Crippen molar-refractivity contribution in [3.63, 3.8) is 0 Å². The number of fused-ring (bicyclic) bond motifs is 5.